The molecule has 0 fully saturated rings. The van der Waals surface area contributed by atoms with Crippen molar-refractivity contribution in [3.63, 3.8) is 0 Å². The molecule has 0 aliphatic rings. The lowest BCUT2D eigenvalue weighted by atomic mass is 10.0. The molecule has 0 amide bonds. The summed E-state index contributed by atoms with van der Waals surface area (Å²) < 4.78 is 19.7. The van der Waals surface area contributed by atoms with Crippen molar-refractivity contribution in [1.29, 1.82) is 0 Å². The van der Waals surface area contributed by atoms with E-state index in [4.69, 9.17) is 16.0 Å². The fraction of sp³-hybridized carbons (Fsp3) is 0.231. The first-order valence-electron chi connectivity index (χ1n) is 5.55. The van der Waals surface area contributed by atoms with E-state index in [0.717, 1.165) is 17.9 Å². The van der Waals surface area contributed by atoms with Gasteiger partial charge in [-0.1, -0.05) is 24.6 Å². The van der Waals surface area contributed by atoms with Crippen molar-refractivity contribution in [2.24, 2.45) is 0 Å². The number of halogens is 3. The van der Waals surface area contributed by atoms with Crippen molar-refractivity contribution in [2.45, 2.75) is 13.0 Å². The van der Waals surface area contributed by atoms with Crippen LogP contribution < -0.4 is 5.32 Å². The molecule has 0 bridgehead atoms. The summed E-state index contributed by atoms with van der Waals surface area (Å²) in [7, 11) is 0. The van der Waals surface area contributed by atoms with E-state index in [0.29, 0.717) is 4.67 Å². The average Bonchev–Trinajstić information content (AvgIpc) is 2.76. The molecule has 0 radical (unpaired) electrons. The van der Waals surface area contributed by atoms with E-state index in [9.17, 15) is 4.39 Å². The first-order valence-corrected chi connectivity index (χ1v) is 6.72. The monoisotopic (exact) mass is 331 g/mol. The number of benzene rings is 1. The van der Waals surface area contributed by atoms with Gasteiger partial charge in [-0.25, -0.2) is 4.39 Å². The second kappa shape index (κ2) is 5.87. The van der Waals surface area contributed by atoms with Gasteiger partial charge in [0.1, 0.15) is 11.6 Å². The standard InChI is InChI=1S/C13H12BrClFNO/c1-2-17-13(11-5-6-12(14)18-11)8-3-4-9(15)10(16)7-8/h3-7,13,17H,2H2,1H3. The van der Waals surface area contributed by atoms with Crippen LogP contribution >= 0.6 is 27.5 Å². The molecule has 1 atom stereocenters. The SMILES string of the molecule is CCNC(c1ccc(Cl)c(F)c1)c1ccc(Br)o1. The zero-order valence-electron chi connectivity index (χ0n) is 9.71. The molecule has 1 unspecified atom stereocenters. The second-order valence-electron chi connectivity index (χ2n) is 3.81. The van der Waals surface area contributed by atoms with Crippen molar-refractivity contribution < 1.29 is 8.81 Å². The van der Waals surface area contributed by atoms with E-state index >= 15 is 0 Å². The van der Waals surface area contributed by atoms with Crippen molar-refractivity contribution in [2.75, 3.05) is 6.54 Å². The number of furan rings is 1. The lowest BCUT2D eigenvalue weighted by Crippen LogP contribution is -2.21. The van der Waals surface area contributed by atoms with E-state index in [1.165, 1.54) is 6.07 Å². The summed E-state index contributed by atoms with van der Waals surface area (Å²) >= 11 is 8.95. The van der Waals surface area contributed by atoms with E-state index in [1.54, 1.807) is 12.1 Å². The van der Waals surface area contributed by atoms with Gasteiger partial charge >= 0.3 is 0 Å². The Morgan fingerprint density at radius 3 is 2.72 bits per heavy atom. The fourth-order valence-corrected chi connectivity index (χ4v) is 2.20. The number of hydrogen-bond donors (Lipinski definition) is 1. The molecule has 1 aromatic carbocycles. The summed E-state index contributed by atoms with van der Waals surface area (Å²) in [5.41, 5.74) is 0.778. The molecule has 1 N–H and O–H groups in total. The minimum absolute atomic E-state index is 0.120. The molecule has 2 nitrogen and oxygen atoms in total. The Kier molecular flexibility index (Phi) is 4.43. The molecule has 1 aromatic heterocycles. The molecule has 96 valence electrons. The van der Waals surface area contributed by atoms with Gasteiger partial charge in [0.15, 0.2) is 4.67 Å². The minimum Gasteiger partial charge on any atom is -0.452 e. The molecule has 2 rings (SSSR count). The first-order chi connectivity index (χ1) is 8.61. The molecular weight excluding hydrogens is 321 g/mol. The van der Waals surface area contributed by atoms with Crippen LogP contribution in [0.5, 0.6) is 0 Å². The van der Waals surface area contributed by atoms with Gasteiger partial charge in [-0.15, -0.1) is 0 Å². The Hall–Kier alpha value is -0.840. The molecular formula is C13H12BrClFNO. The predicted molar refractivity (Wildman–Crippen MR) is 73.3 cm³/mol. The van der Waals surface area contributed by atoms with Crippen LogP contribution in [0.25, 0.3) is 0 Å². The third kappa shape index (κ3) is 2.94. The Balaban J connectivity index is 2.37. The molecule has 5 heteroatoms. The maximum absolute atomic E-state index is 13.5. The Morgan fingerprint density at radius 1 is 1.39 bits per heavy atom. The second-order valence-corrected chi connectivity index (χ2v) is 4.99. The largest absolute Gasteiger partial charge is 0.452 e. The van der Waals surface area contributed by atoms with Gasteiger partial charge in [0.05, 0.1) is 11.1 Å². The van der Waals surface area contributed by atoms with Crippen LogP contribution in [0.4, 0.5) is 4.39 Å². The zero-order valence-corrected chi connectivity index (χ0v) is 12.1. The summed E-state index contributed by atoms with van der Waals surface area (Å²) in [6, 6.07) is 8.24. The number of rotatable bonds is 4. The van der Waals surface area contributed by atoms with Crippen LogP contribution in [-0.2, 0) is 0 Å². The van der Waals surface area contributed by atoms with Crippen LogP contribution in [0, 0.1) is 5.82 Å². The maximum atomic E-state index is 13.5. The van der Waals surface area contributed by atoms with E-state index in [2.05, 4.69) is 21.2 Å². The highest BCUT2D eigenvalue weighted by Gasteiger charge is 2.17. The molecule has 0 spiro atoms. The Labute approximate surface area is 118 Å². The molecule has 1 heterocycles. The smallest absolute Gasteiger partial charge is 0.169 e. The lowest BCUT2D eigenvalue weighted by Gasteiger charge is -2.16. The zero-order chi connectivity index (χ0) is 13.1. The van der Waals surface area contributed by atoms with Gasteiger partial charge in [0.2, 0.25) is 0 Å². The van der Waals surface area contributed by atoms with Crippen molar-refractivity contribution in [3.05, 3.63) is 57.2 Å². The highest BCUT2D eigenvalue weighted by molar-refractivity contribution is 9.10. The van der Waals surface area contributed by atoms with Crippen LogP contribution in [0.1, 0.15) is 24.3 Å². The minimum atomic E-state index is -0.428. The van der Waals surface area contributed by atoms with Crippen molar-refractivity contribution >= 4 is 27.5 Å². The first kappa shape index (κ1) is 13.6. The average molecular weight is 333 g/mol. The summed E-state index contributed by atoms with van der Waals surface area (Å²) in [4.78, 5) is 0. The van der Waals surface area contributed by atoms with Crippen molar-refractivity contribution in [3.8, 4) is 0 Å². The quantitative estimate of drug-likeness (QED) is 0.889. The van der Waals surface area contributed by atoms with E-state index < -0.39 is 5.82 Å². The van der Waals surface area contributed by atoms with Crippen molar-refractivity contribution in [1.82, 2.24) is 5.32 Å². The summed E-state index contributed by atoms with van der Waals surface area (Å²) in [5, 5.41) is 3.37. The normalized spacial score (nSPS) is 12.7. The molecule has 2 aromatic rings. The highest BCUT2D eigenvalue weighted by Crippen LogP contribution is 2.28. The van der Waals surface area contributed by atoms with Crippen LogP contribution in [0.2, 0.25) is 5.02 Å². The van der Waals surface area contributed by atoms with E-state index in [1.807, 2.05) is 19.1 Å². The molecule has 0 saturated heterocycles. The van der Waals surface area contributed by atoms with Crippen LogP contribution in [0.15, 0.2) is 39.4 Å². The lowest BCUT2D eigenvalue weighted by molar-refractivity contribution is 0.436. The van der Waals surface area contributed by atoms with Gasteiger partial charge in [-0.3, -0.25) is 0 Å². The molecule has 0 saturated carbocycles. The number of hydrogen-bond acceptors (Lipinski definition) is 2. The van der Waals surface area contributed by atoms with Gasteiger partial charge < -0.3 is 9.73 Å². The summed E-state index contributed by atoms with van der Waals surface area (Å²) in [5.74, 6) is 0.299. The van der Waals surface area contributed by atoms with Gasteiger partial charge in [0, 0.05) is 0 Å². The van der Waals surface area contributed by atoms with Crippen LogP contribution in [-0.4, -0.2) is 6.54 Å². The fourth-order valence-electron chi connectivity index (χ4n) is 1.76. The molecule has 0 aliphatic heterocycles. The van der Waals surface area contributed by atoms with Gasteiger partial charge in [-0.2, -0.15) is 0 Å². The topological polar surface area (TPSA) is 25.2 Å². The number of nitrogens with one attached hydrogen (secondary N) is 1. The maximum Gasteiger partial charge on any atom is 0.169 e. The van der Waals surface area contributed by atoms with Gasteiger partial charge in [-0.05, 0) is 52.3 Å². The Morgan fingerprint density at radius 2 is 2.17 bits per heavy atom. The van der Waals surface area contributed by atoms with E-state index in [-0.39, 0.29) is 11.1 Å². The highest BCUT2D eigenvalue weighted by atomic mass is 79.9. The Bertz CT molecular complexity index is 544. The summed E-state index contributed by atoms with van der Waals surface area (Å²) in [6.07, 6.45) is 0. The van der Waals surface area contributed by atoms with Crippen LogP contribution in [0.3, 0.4) is 0 Å². The molecule has 0 aliphatic carbocycles. The third-order valence-corrected chi connectivity index (χ3v) is 3.30. The summed E-state index contributed by atoms with van der Waals surface area (Å²) in [6.45, 7) is 2.73. The molecule has 18 heavy (non-hydrogen) atoms. The predicted octanol–water partition coefficient (Wildman–Crippen LogP) is 4.53. The third-order valence-electron chi connectivity index (χ3n) is 2.56. The van der Waals surface area contributed by atoms with Gasteiger partial charge in [0.25, 0.3) is 0 Å².